The van der Waals surface area contributed by atoms with Gasteiger partial charge in [-0.1, -0.05) is 34.1 Å². The van der Waals surface area contributed by atoms with Gasteiger partial charge in [-0.15, -0.1) is 0 Å². The van der Waals surface area contributed by atoms with Crippen LogP contribution in [0.3, 0.4) is 0 Å². The third-order valence-corrected chi connectivity index (χ3v) is 5.10. The molecule has 0 aromatic rings. The first-order valence-electron chi connectivity index (χ1n) is 8.39. The Balaban J connectivity index is 2.53. The van der Waals surface area contributed by atoms with E-state index in [1.54, 1.807) is 7.11 Å². The molecule has 3 unspecified atom stereocenters. The Bertz CT molecular complexity index is 255. The van der Waals surface area contributed by atoms with E-state index >= 15 is 0 Å². The van der Waals surface area contributed by atoms with E-state index in [4.69, 9.17) is 9.47 Å². The summed E-state index contributed by atoms with van der Waals surface area (Å²) in [5.74, 6) is 0.787. The van der Waals surface area contributed by atoms with Crippen molar-refractivity contribution in [2.45, 2.75) is 71.9 Å². The van der Waals surface area contributed by atoms with Gasteiger partial charge in [-0.25, -0.2) is 0 Å². The second kappa shape index (κ2) is 9.01. The van der Waals surface area contributed by atoms with Crippen LogP contribution in [0.1, 0.15) is 59.8 Å². The molecule has 0 heterocycles. The summed E-state index contributed by atoms with van der Waals surface area (Å²) in [6.45, 7) is 12.0. The summed E-state index contributed by atoms with van der Waals surface area (Å²) in [6, 6.07) is 0.534. The molecule has 0 spiro atoms. The van der Waals surface area contributed by atoms with Crippen molar-refractivity contribution >= 4 is 0 Å². The molecule has 1 aliphatic carbocycles. The van der Waals surface area contributed by atoms with Gasteiger partial charge in [0, 0.05) is 26.4 Å². The zero-order valence-electron chi connectivity index (χ0n) is 14.2. The van der Waals surface area contributed by atoms with E-state index in [-0.39, 0.29) is 0 Å². The second-order valence-electron chi connectivity index (χ2n) is 6.77. The summed E-state index contributed by atoms with van der Waals surface area (Å²) in [7, 11) is 1.75. The van der Waals surface area contributed by atoms with Crippen LogP contribution < -0.4 is 5.32 Å². The number of hydrogen-bond acceptors (Lipinski definition) is 3. The Hall–Kier alpha value is -0.120. The summed E-state index contributed by atoms with van der Waals surface area (Å²) in [6.07, 6.45) is 6.39. The molecular formula is C17H35NO2. The van der Waals surface area contributed by atoms with Gasteiger partial charge in [0.15, 0.2) is 0 Å². The summed E-state index contributed by atoms with van der Waals surface area (Å²) in [4.78, 5) is 0. The molecule has 1 aliphatic rings. The van der Waals surface area contributed by atoms with Gasteiger partial charge in [-0.3, -0.25) is 0 Å². The molecule has 0 aliphatic heterocycles. The fraction of sp³-hybridized carbons (Fsp3) is 1.00. The maximum atomic E-state index is 6.18. The van der Waals surface area contributed by atoms with Crippen LogP contribution in [0.15, 0.2) is 0 Å². The molecule has 0 aromatic carbocycles. The number of hydrogen-bond donors (Lipinski definition) is 1. The minimum absolute atomic E-state index is 0.372. The molecule has 1 saturated carbocycles. The summed E-state index contributed by atoms with van der Waals surface area (Å²) in [5, 5.41) is 3.61. The summed E-state index contributed by atoms with van der Waals surface area (Å²) in [5.41, 5.74) is 0.436. The lowest BCUT2D eigenvalue weighted by Gasteiger charge is -2.43. The normalized spacial score (nSPS) is 27.8. The Morgan fingerprint density at radius 3 is 2.50 bits per heavy atom. The Morgan fingerprint density at radius 2 is 1.90 bits per heavy atom. The standard InChI is InChI=1S/C17H35NO2/c1-6-17(3,4)14-9-10-15(18-7-2)16(13-14)20-12-8-11-19-5/h14-16,18H,6-13H2,1-5H3. The lowest BCUT2D eigenvalue weighted by Crippen LogP contribution is -2.47. The number of ether oxygens (including phenoxy) is 2. The van der Waals surface area contributed by atoms with Crippen LogP contribution in [-0.2, 0) is 9.47 Å². The minimum atomic E-state index is 0.372. The van der Waals surface area contributed by atoms with E-state index in [0.29, 0.717) is 17.6 Å². The average molecular weight is 285 g/mol. The van der Waals surface area contributed by atoms with Crippen LogP contribution in [0.4, 0.5) is 0 Å². The van der Waals surface area contributed by atoms with E-state index in [1.165, 1.54) is 25.7 Å². The lowest BCUT2D eigenvalue weighted by atomic mass is 9.68. The van der Waals surface area contributed by atoms with E-state index < -0.39 is 0 Å². The molecule has 0 bridgehead atoms. The van der Waals surface area contributed by atoms with Crippen LogP contribution in [-0.4, -0.2) is 39.0 Å². The molecule has 120 valence electrons. The highest BCUT2D eigenvalue weighted by atomic mass is 16.5. The minimum Gasteiger partial charge on any atom is -0.385 e. The predicted octanol–water partition coefficient (Wildman–Crippen LogP) is 3.62. The van der Waals surface area contributed by atoms with Crippen molar-refractivity contribution < 1.29 is 9.47 Å². The van der Waals surface area contributed by atoms with E-state index in [2.05, 4.69) is 33.0 Å². The second-order valence-corrected chi connectivity index (χ2v) is 6.77. The molecule has 0 amide bonds. The third-order valence-electron chi connectivity index (χ3n) is 5.10. The van der Waals surface area contributed by atoms with E-state index in [0.717, 1.165) is 32.1 Å². The molecule has 0 saturated heterocycles. The fourth-order valence-electron chi connectivity index (χ4n) is 3.25. The van der Waals surface area contributed by atoms with Gasteiger partial charge in [0.2, 0.25) is 0 Å². The summed E-state index contributed by atoms with van der Waals surface area (Å²) < 4.78 is 11.3. The Kier molecular flexibility index (Phi) is 8.08. The molecule has 0 aromatic heterocycles. The topological polar surface area (TPSA) is 30.5 Å². The first-order chi connectivity index (χ1) is 9.55. The molecular weight excluding hydrogens is 250 g/mol. The monoisotopic (exact) mass is 285 g/mol. The largest absolute Gasteiger partial charge is 0.385 e. The van der Waals surface area contributed by atoms with Crippen molar-refractivity contribution in [1.29, 1.82) is 0 Å². The van der Waals surface area contributed by atoms with Crippen molar-refractivity contribution in [1.82, 2.24) is 5.32 Å². The number of rotatable bonds is 9. The number of likely N-dealkylation sites (N-methyl/N-ethyl adjacent to an activating group) is 1. The maximum absolute atomic E-state index is 6.18. The van der Waals surface area contributed by atoms with Crippen LogP contribution >= 0.6 is 0 Å². The van der Waals surface area contributed by atoms with Gasteiger partial charge >= 0.3 is 0 Å². The Morgan fingerprint density at radius 1 is 1.15 bits per heavy atom. The fourth-order valence-corrected chi connectivity index (χ4v) is 3.25. The zero-order valence-corrected chi connectivity index (χ0v) is 14.2. The van der Waals surface area contributed by atoms with Crippen molar-refractivity contribution in [3.05, 3.63) is 0 Å². The SMILES string of the molecule is CCNC1CCC(C(C)(C)CC)CC1OCCCOC. The highest BCUT2D eigenvalue weighted by Crippen LogP contribution is 2.41. The highest BCUT2D eigenvalue weighted by Gasteiger charge is 2.37. The molecule has 20 heavy (non-hydrogen) atoms. The quantitative estimate of drug-likeness (QED) is 0.656. The van der Waals surface area contributed by atoms with Crippen LogP contribution in [0.5, 0.6) is 0 Å². The lowest BCUT2D eigenvalue weighted by molar-refractivity contribution is -0.0354. The first kappa shape index (κ1) is 17.9. The average Bonchev–Trinajstić information content (AvgIpc) is 2.45. The Labute approximate surface area is 125 Å². The molecule has 1 rings (SSSR count). The molecule has 1 N–H and O–H groups in total. The van der Waals surface area contributed by atoms with Crippen LogP contribution in [0.2, 0.25) is 0 Å². The van der Waals surface area contributed by atoms with Gasteiger partial charge in [-0.2, -0.15) is 0 Å². The zero-order chi connectivity index (χ0) is 15.0. The number of methoxy groups -OCH3 is 1. The third kappa shape index (κ3) is 5.34. The van der Waals surface area contributed by atoms with Gasteiger partial charge in [0.05, 0.1) is 6.10 Å². The van der Waals surface area contributed by atoms with Gasteiger partial charge in [0.25, 0.3) is 0 Å². The number of nitrogens with one attached hydrogen (secondary N) is 1. The molecule has 0 radical (unpaired) electrons. The molecule has 3 atom stereocenters. The van der Waals surface area contributed by atoms with E-state index in [9.17, 15) is 0 Å². The maximum Gasteiger partial charge on any atom is 0.0730 e. The summed E-state index contributed by atoms with van der Waals surface area (Å²) >= 11 is 0. The predicted molar refractivity (Wildman–Crippen MR) is 85.1 cm³/mol. The van der Waals surface area contributed by atoms with Gasteiger partial charge < -0.3 is 14.8 Å². The van der Waals surface area contributed by atoms with Gasteiger partial charge in [0.1, 0.15) is 0 Å². The van der Waals surface area contributed by atoms with Crippen molar-refractivity contribution in [3.8, 4) is 0 Å². The molecule has 3 heteroatoms. The van der Waals surface area contributed by atoms with Crippen LogP contribution in [0.25, 0.3) is 0 Å². The van der Waals surface area contributed by atoms with Crippen molar-refractivity contribution in [2.24, 2.45) is 11.3 Å². The molecule has 1 fully saturated rings. The van der Waals surface area contributed by atoms with Crippen molar-refractivity contribution in [3.63, 3.8) is 0 Å². The van der Waals surface area contributed by atoms with Crippen LogP contribution in [0, 0.1) is 11.3 Å². The highest BCUT2D eigenvalue weighted by molar-refractivity contribution is 4.90. The molecule has 3 nitrogen and oxygen atoms in total. The first-order valence-corrected chi connectivity index (χ1v) is 8.39. The smallest absolute Gasteiger partial charge is 0.0730 e. The van der Waals surface area contributed by atoms with Gasteiger partial charge in [-0.05, 0) is 43.6 Å². The van der Waals surface area contributed by atoms with E-state index in [1.807, 2.05) is 0 Å². The van der Waals surface area contributed by atoms with Crippen molar-refractivity contribution in [2.75, 3.05) is 26.9 Å².